The summed E-state index contributed by atoms with van der Waals surface area (Å²) in [6.45, 7) is 4.50. The Morgan fingerprint density at radius 3 is 2.79 bits per heavy atom. The molecule has 0 amide bonds. The quantitative estimate of drug-likeness (QED) is 0.422. The minimum Gasteiger partial charge on any atom is -0.493 e. The Bertz CT molecular complexity index is 410. The monoisotopic (exact) mass is 268 g/mol. The van der Waals surface area contributed by atoms with E-state index < -0.39 is 4.92 Å². The highest BCUT2D eigenvalue weighted by Gasteiger charge is 2.11. The number of benzene rings is 1. The van der Waals surface area contributed by atoms with Crippen LogP contribution in [0, 0.1) is 10.1 Å². The highest BCUT2D eigenvalue weighted by atomic mass is 16.6. The highest BCUT2D eigenvalue weighted by Crippen LogP contribution is 2.24. The van der Waals surface area contributed by atoms with Gasteiger partial charge in [0.05, 0.1) is 11.5 Å². The van der Waals surface area contributed by atoms with Gasteiger partial charge in [0.15, 0.2) is 0 Å². The van der Waals surface area contributed by atoms with Gasteiger partial charge in [0.25, 0.3) is 5.69 Å². The molecule has 106 valence electrons. The van der Waals surface area contributed by atoms with Crippen molar-refractivity contribution in [3.63, 3.8) is 0 Å². The first-order chi connectivity index (χ1) is 9.19. The molecule has 0 saturated carbocycles. The lowest BCUT2D eigenvalue weighted by atomic mass is 10.1. The average molecular weight is 268 g/mol. The van der Waals surface area contributed by atoms with Crippen LogP contribution in [0.4, 0.5) is 5.69 Å². The molecule has 0 aliphatic heterocycles. The third kappa shape index (κ3) is 5.23. The fourth-order valence-corrected chi connectivity index (χ4v) is 1.60. The Kier molecular flexibility index (Phi) is 6.84. The largest absolute Gasteiger partial charge is 0.493 e. The van der Waals surface area contributed by atoms with E-state index in [1.54, 1.807) is 19.2 Å². The molecule has 6 nitrogen and oxygen atoms in total. The van der Waals surface area contributed by atoms with Crippen LogP contribution in [0.2, 0.25) is 0 Å². The van der Waals surface area contributed by atoms with Crippen molar-refractivity contribution in [2.75, 3.05) is 26.9 Å². The average Bonchev–Trinajstić information content (AvgIpc) is 2.41. The minimum atomic E-state index is -0.399. The Hall–Kier alpha value is -1.66. The topological polar surface area (TPSA) is 73.6 Å². The number of nitro benzene ring substituents is 1. The first-order valence-electron chi connectivity index (χ1n) is 6.28. The van der Waals surface area contributed by atoms with E-state index in [1.165, 1.54) is 6.07 Å². The molecule has 1 rings (SSSR count). The summed E-state index contributed by atoms with van der Waals surface area (Å²) in [4.78, 5) is 10.4. The van der Waals surface area contributed by atoms with E-state index in [-0.39, 0.29) is 5.69 Å². The summed E-state index contributed by atoms with van der Waals surface area (Å²) in [5.74, 6) is 0.683. The lowest BCUT2D eigenvalue weighted by Crippen LogP contribution is -2.13. The maximum absolute atomic E-state index is 10.8. The molecule has 0 aromatic heterocycles. The standard InChI is InChI=1S/C13H20N2O4/c1-3-14-10-11-9-12(15(16)17)5-6-13(11)19-8-4-7-18-2/h5-6,9,14H,3-4,7-8,10H2,1-2H3. The smallest absolute Gasteiger partial charge is 0.270 e. The van der Waals surface area contributed by atoms with E-state index in [2.05, 4.69) is 5.32 Å². The number of hydrogen-bond acceptors (Lipinski definition) is 5. The van der Waals surface area contributed by atoms with E-state index in [4.69, 9.17) is 9.47 Å². The van der Waals surface area contributed by atoms with E-state index in [9.17, 15) is 10.1 Å². The molecule has 0 bridgehead atoms. The molecular formula is C13H20N2O4. The van der Waals surface area contributed by atoms with Gasteiger partial charge in [-0.25, -0.2) is 0 Å². The van der Waals surface area contributed by atoms with Gasteiger partial charge in [0, 0.05) is 44.4 Å². The molecule has 0 fully saturated rings. The zero-order valence-corrected chi connectivity index (χ0v) is 11.3. The van der Waals surface area contributed by atoms with Crippen molar-refractivity contribution in [3.05, 3.63) is 33.9 Å². The van der Waals surface area contributed by atoms with Gasteiger partial charge in [-0.15, -0.1) is 0 Å². The Morgan fingerprint density at radius 1 is 1.37 bits per heavy atom. The predicted octanol–water partition coefficient (Wildman–Crippen LogP) is 2.12. The second-order valence-electron chi connectivity index (χ2n) is 4.02. The number of ether oxygens (including phenoxy) is 2. The van der Waals surface area contributed by atoms with Crippen LogP contribution in [0.25, 0.3) is 0 Å². The number of nitrogens with one attached hydrogen (secondary N) is 1. The van der Waals surface area contributed by atoms with Gasteiger partial charge < -0.3 is 14.8 Å². The van der Waals surface area contributed by atoms with Gasteiger partial charge in [-0.05, 0) is 12.6 Å². The Labute approximate surface area is 112 Å². The van der Waals surface area contributed by atoms with Crippen molar-refractivity contribution in [2.45, 2.75) is 19.9 Å². The fourth-order valence-electron chi connectivity index (χ4n) is 1.60. The van der Waals surface area contributed by atoms with E-state index in [0.717, 1.165) is 18.5 Å². The van der Waals surface area contributed by atoms with Crippen LogP contribution in [0.15, 0.2) is 18.2 Å². The summed E-state index contributed by atoms with van der Waals surface area (Å²) < 4.78 is 10.6. The SMILES string of the molecule is CCNCc1cc([N+](=O)[O-])ccc1OCCCOC. The van der Waals surface area contributed by atoms with Crippen molar-refractivity contribution in [1.29, 1.82) is 0 Å². The first-order valence-corrected chi connectivity index (χ1v) is 6.28. The Morgan fingerprint density at radius 2 is 2.16 bits per heavy atom. The van der Waals surface area contributed by atoms with E-state index >= 15 is 0 Å². The molecule has 1 N–H and O–H groups in total. The normalized spacial score (nSPS) is 10.4. The van der Waals surface area contributed by atoms with Crippen LogP contribution < -0.4 is 10.1 Å². The second kappa shape index (κ2) is 8.44. The molecule has 0 aliphatic carbocycles. The number of nitro groups is 1. The molecule has 0 radical (unpaired) electrons. The summed E-state index contributed by atoms with van der Waals surface area (Å²) in [6, 6.07) is 4.66. The van der Waals surface area contributed by atoms with Gasteiger partial charge in [0.2, 0.25) is 0 Å². The van der Waals surface area contributed by atoms with Gasteiger partial charge in [0.1, 0.15) is 5.75 Å². The van der Waals surface area contributed by atoms with Crippen LogP contribution in [-0.2, 0) is 11.3 Å². The second-order valence-corrected chi connectivity index (χ2v) is 4.02. The first kappa shape index (κ1) is 15.4. The van der Waals surface area contributed by atoms with Crippen LogP contribution in [0.3, 0.4) is 0 Å². The number of nitrogens with zero attached hydrogens (tertiary/aromatic N) is 1. The molecule has 1 aromatic rings. The Balaban J connectivity index is 2.73. The third-order valence-electron chi connectivity index (χ3n) is 2.57. The molecule has 0 saturated heterocycles. The van der Waals surface area contributed by atoms with Crippen LogP contribution in [-0.4, -0.2) is 31.8 Å². The lowest BCUT2D eigenvalue weighted by molar-refractivity contribution is -0.384. The maximum Gasteiger partial charge on any atom is 0.270 e. The lowest BCUT2D eigenvalue weighted by Gasteiger charge is -2.11. The van der Waals surface area contributed by atoms with Crippen molar-refractivity contribution in [2.24, 2.45) is 0 Å². The summed E-state index contributed by atoms with van der Waals surface area (Å²) in [5, 5.41) is 13.9. The number of rotatable bonds is 9. The number of methoxy groups -OCH3 is 1. The highest BCUT2D eigenvalue weighted by molar-refractivity contribution is 5.43. The van der Waals surface area contributed by atoms with Crippen molar-refractivity contribution < 1.29 is 14.4 Å². The number of non-ortho nitro benzene ring substituents is 1. The van der Waals surface area contributed by atoms with Gasteiger partial charge in [-0.1, -0.05) is 6.92 Å². The summed E-state index contributed by atoms with van der Waals surface area (Å²) in [5.41, 5.74) is 0.880. The van der Waals surface area contributed by atoms with E-state index in [1.807, 2.05) is 6.92 Å². The van der Waals surface area contributed by atoms with Crippen LogP contribution in [0.5, 0.6) is 5.75 Å². The maximum atomic E-state index is 10.8. The van der Waals surface area contributed by atoms with Crippen molar-refractivity contribution in [1.82, 2.24) is 5.32 Å². The summed E-state index contributed by atoms with van der Waals surface area (Å²) >= 11 is 0. The van der Waals surface area contributed by atoms with Gasteiger partial charge in [-0.3, -0.25) is 10.1 Å². The van der Waals surface area contributed by atoms with Crippen LogP contribution >= 0.6 is 0 Å². The van der Waals surface area contributed by atoms with Gasteiger partial charge >= 0.3 is 0 Å². The summed E-state index contributed by atoms with van der Waals surface area (Å²) in [7, 11) is 1.64. The summed E-state index contributed by atoms with van der Waals surface area (Å²) in [6.07, 6.45) is 0.786. The zero-order chi connectivity index (χ0) is 14.1. The molecule has 0 aliphatic rings. The zero-order valence-electron chi connectivity index (χ0n) is 11.3. The van der Waals surface area contributed by atoms with Crippen molar-refractivity contribution in [3.8, 4) is 5.75 Å². The van der Waals surface area contributed by atoms with Crippen molar-refractivity contribution >= 4 is 5.69 Å². The third-order valence-corrected chi connectivity index (χ3v) is 2.57. The molecule has 6 heteroatoms. The van der Waals surface area contributed by atoms with E-state index in [0.29, 0.717) is 25.5 Å². The molecule has 0 spiro atoms. The number of hydrogen-bond donors (Lipinski definition) is 1. The molecular weight excluding hydrogens is 248 g/mol. The van der Waals surface area contributed by atoms with Crippen LogP contribution in [0.1, 0.15) is 18.9 Å². The molecule has 0 unspecified atom stereocenters. The molecule has 19 heavy (non-hydrogen) atoms. The predicted molar refractivity (Wildman–Crippen MR) is 72.5 cm³/mol. The molecule has 0 heterocycles. The molecule has 0 atom stereocenters. The molecule has 1 aromatic carbocycles. The van der Waals surface area contributed by atoms with Gasteiger partial charge in [-0.2, -0.15) is 0 Å². The minimum absolute atomic E-state index is 0.0807. The fraction of sp³-hybridized carbons (Fsp3) is 0.538.